The Hall–Kier alpha value is -2.27. The smallest absolute Gasteiger partial charge is 0.130 e. The van der Waals surface area contributed by atoms with Gasteiger partial charge in [-0.2, -0.15) is 0 Å². The number of aromatic nitrogens is 1. The molecule has 2 N–H and O–H groups in total. The molecule has 0 aliphatic rings. The van der Waals surface area contributed by atoms with Gasteiger partial charge in [-0.15, -0.1) is 0 Å². The van der Waals surface area contributed by atoms with Crippen molar-refractivity contribution in [3.63, 3.8) is 0 Å². The first-order valence-corrected chi connectivity index (χ1v) is 6.25. The minimum Gasteiger partial charge on any atom is -0.496 e. The summed E-state index contributed by atoms with van der Waals surface area (Å²) in [5.41, 5.74) is 7.36. The lowest BCUT2D eigenvalue weighted by Gasteiger charge is -2.10. The van der Waals surface area contributed by atoms with Crippen LogP contribution in [0.15, 0.2) is 36.5 Å². The third-order valence-corrected chi connectivity index (χ3v) is 2.83. The van der Waals surface area contributed by atoms with Gasteiger partial charge in [0.05, 0.1) is 19.9 Å². The second-order valence-electron chi connectivity index (χ2n) is 4.20. The van der Waals surface area contributed by atoms with Crippen molar-refractivity contribution in [1.82, 2.24) is 4.98 Å². The third-order valence-electron chi connectivity index (χ3n) is 2.83. The van der Waals surface area contributed by atoms with Crippen LogP contribution in [0.1, 0.15) is 11.3 Å². The summed E-state index contributed by atoms with van der Waals surface area (Å²) in [6.07, 6.45) is 1.75. The van der Waals surface area contributed by atoms with Gasteiger partial charge in [0.25, 0.3) is 0 Å². The Morgan fingerprint density at radius 1 is 1.00 bits per heavy atom. The van der Waals surface area contributed by atoms with Crippen LogP contribution in [0.5, 0.6) is 17.2 Å². The number of nitrogens with two attached hydrogens (primary N) is 1. The Labute approximate surface area is 118 Å². The van der Waals surface area contributed by atoms with E-state index in [1.165, 1.54) is 0 Å². The van der Waals surface area contributed by atoms with Crippen LogP contribution in [-0.4, -0.2) is 19.2 Å². The van der Waals surface area contributed by atoms with E-state index in [0.29, 0.717) is 30.4 Å². The van der Waals surface area contributed by atoms with Gasteiger partial charge in [-0.3, -0.25) is 4.98 Å². The lowest BCUT2D eigenvalue weighted by Crippen LogP contribution is -2.01. The van der Waals surface area contributed by atoms with Crippen molar-refractivity contribution in [3.8, 4) is 17.2 Å². The molecular weight excluding hydrogens is 256 g/mol. The molecule has 5 heteroatoms. The monoisotopic (exact) mass is 274 g/mol. The van der Waals surface area contributed by atoms with Crippen LogP contribution in [0, 0.1) is 0 Å². The average Bonchev–Trinajstić information content (AvgIpc) is 2.53. The number of ether oxygens (including phenoxy) is 3. The normalized spacial score (nSPS) is 10.2. The molecule has 1 heterocycles. The van der Waals surface area contributed by atoms with Gasteiger partial charge in [-0.25, -0.2) is 0 Å². The quantitative estimate of drug-likeness (QED) is 0.874. The van der Waals surface area contributed by atoms with Crippen LogP contribution in [0.2, 0.25) is 0 Å². The molecule has 0 atom stereocenters. The van der Waals surface area contributed by atoms with Crippen molar-refractivity contribution in [3.05, 3.63) is 47.8 Å². The summed E-state index contributed by atoms with van der Waals surface area (Å²) in [7, 11) is 3.21. The Morgan fingerprint density at radius 3 is 2.15 bits per heavy atom. The van der Waals surface area contributed by atoms with Crippen molar-refractivity contribution in [2.45, 2.75) is 13.2 Å². The van der Waals surface area contributed by atoms with Crippen LogP contribution in [0.4, 0.5) is 0 Å². The van der Waals surface area contributed by atoms with Gasteiger partial charge in [0.1, 0.15) is 23.9 Å². The second-order valence-corrected chi connectivity index (χ2v) is 4.20. The number of benzene rings is 1. The van der Waals surface area contributed by atoms with Gasteiger partial charge >= 0.3 is 0 Å². The molecule has 0 saturated heterocycles. The predicted molar refractivity (Wildman–Crippen MR) is 76.0 cm³/mol. The van der Waals surface area contributed by atoms with Gasteiger partial charge in [-0.1, -0.05) is 6.07 Å². The Bertz CT molecular complexity index is 533. The van der Waals surface area contributed by atoms with Gasteiger partial charge in [-0.05, 0) is 11.6 Å². The van der Waals surface area contributed by atoms with E-state index in [-0.39, 0.29) is 0 Å². The zero-order valence-corrected chi connectivity index (χ0v) is 11.6. The highest BCUT2D eigenvalue weighted by molar-refractivity contribution is 5.42. The standard InChI is InChI=1S/C15H18N2O3/c1-18-13-5-14(19-2)7-15(6-13)20-10-12-4-3-11(8-16)9-17-12/h3-7,9H,8,10,16H2,1-2H3. The third kappa shape index (κ3) is 3.61. The van der Waals surface area contributed by atoms with Crippen molar-refractivity contribution < 1.29 is 14.2 Å². The first-order valence-electron chi connectivity index (χ1n) is 6.25. The molecule has 5 nitrogen and oxygen atoms in total. The maximum Gasteiger partial charge on any atom is 0.130 e. The van der Waals surface area contributed by atoms with Crippen LogP contribution in [-0.2, 0) is 13.2 Å². The zero-order chi connectivity index (χ0) is 14.4. The predicted octanol–water partition coefficient (Wildman–Crippen LogP) is 2.14. The molecule has 2 rings (SSSR count). The molecule has 2 aromatic rings. The fourth-order valence-corrected chi connectivity index (χ4v) is 1.68. The summed E-state index contributed by atoms with van der Waals surface area (Å²) >= 11 is 0. The average molecular weight is 274 g/mol. The molecule has 0 amide bonds. The molecule has 0 aliphatic heterocycles. The van der Waals surface area contributed by atoms with Gasteiger partial charge in [0.15, 0.2) is 0 Å². The van der Waals surface area contributed by atoms with E-state index in [4.69, 9.17) is 19.9 Å². The number of hydrogen-bond donors (Lipinski definition) is 1. The summed E-state index contributed by atoms with van der Waals surface area (Å²) in [6, 6.07) is 9.24. The van der Waals surface area contributed by atoms with Crippen LogP contribution < -0.4 is 19.9 Å². The topological polar surface area (TPSA) is 66.6 Å². The largest absolute Gasteiger partial charge is 0.496 e. The molecule has 0 saturated carbocycles. The van der Waals surface area contributed by atoms with Gasteiger partial charge in [0.2, 0.25) is 0 Å². The van der Waals surface area contributed by atoms with Gasteiger partial charge < -0.3 is 19.9 Å². The number of methoxy groups -OCH3 is 2. The number of pyridine rings is 1. The summed E-state index contributed by atoms with van der Waals surface area (Å²) in [5, 5.41) is 0. The van der Waals surface area contributed by atoms with E-state index in [0.717, 1.165) is 11.3 Å². The molecule has 0 aliphatic carbocycles. The highest BCUT2D eigenvalue weighted by Crippen LogP contribution is 2.27. The van der Waals surface area contributed by atoms with E-state index >= 15 is 0 Å². The van der Waals surface area contributed by atoms with E-state index in [1.807, 2.05) is 12.1 Å². The van der Waals surface area contributed by atoms with E-state index < -0.39 is 0 Å². The molecule has 0 spiro atoms. The zero-order valence-electron chi connectivity index (χ0n) is 11.6. The van der Waals surface area contributed by atoms with Crippen LogP contribution in [0.3, 0.4) is 0 Å². The van der Waals surface area contributed by atoms with Crippen molar-refractivity contribution in [1.29, 1.82) is 0 Å². The minimum absolute atomic E-state index is 0.376. The van der Waals surface area contributed by atoms with Crippen LogP contribution in [0.25, 0.3) is 0 Å². The molecule has 0 fully saturated rings. The van der Waals surface area contributed by atoms with Gasteiger partial charge in [0, 0.05) is 30.9 Å². The van der Waals surface area contributed by atoms with Crippen molar-refractivity contribution in [2.75, 3.05) is 14.2 Å². The van der Waals surface area contributed by atoms with Crippen molar-refractivity contribution >= 4 is 0 Å². The molecule has 1 aromatic carbocycles. The Kier molecular flexibility index (Phi) is 4.79. The summed E-state index contributed by atoms with van der Waals surface area (Å²) in [5.74, 6) is 2.04. The molecule has 0 bridgehead atoms. The Morgan fingerprint density at radius 2 is 1.65 bits per heavy atom. The molecule has 0 radical (unpaired) electrons. The fourth-order valence-electron chi connectivity index (χ4n) is 1.68. The molecular formula is C15H18N2O3. The SMILES string of the molecule is COc1cc(OC)cc(OCc2ccc(CN)cn2)c1. The lowest BCUT2D eigenvalue weighted by molar-refractivity contribution is 0.296. The number of hydrogen-bond acceptors (Lipinski definition) is 5. The van der Waals surface area contributed by atoms with E-state index in [9.17, 15) is 0 Å². The second kappa shape index (κ2) is 6.77. The van der Waals surface area contributed by atoms with E-state index in [2.05, 4.69) is 4.98 Å². The maximum atomic E-state index is 5.70. The molecule has 20 heavy (non-hydrogen) atoms. The molecule has 1 aromatic heterocycles. The summed E-state index contributed by atoms with van der Waals surface area (Å²) < 4.78 is 16.1. The van der Waals surface area contributed by atoms with Crippen LogP contribution >= 0.6 is 0 Å². The molecule has 106 valence electrons. The summed E-state index contributed by atoms with van der Waals surface area (Å²) in [4.78, 5) is 4.28. The first-order chi connectivity index (χ1) is 9.75. The fraction of sp³-hybridized carbons (Fsp3) is 0.267. The number of rotatable bonds is 6. The highest BCUT2D eigenvalue weighted by Gasteiger charge is 2.04. The molecule has 0 unspecified atom stereocenters. The van der Waals surface area contributed by atoms with Crippen molar-refractivity contribution in [2.24, 2.45) is 5.73 Å². The lowest BCUT2D eigenvalue weighted by atomic mass is 10.2. The van der Waals surface area contributed by atoms with E-state index in [1.54, 1.807) is 38.6 Å². The first kappa shape index (κ1) is 14.1. The minimum atomic E-state index is 0.376. The Balaban J connectivity index is 2.05. The number of nitrogens with zero attached hydrogens (tertiary/aromatic N) is 1. The highest BCUT2D eigenvalue weighted by atomic mass is 16.5. The summed E-state index contributed by atoms with van der Waals surface area (Å²) in [6.45, 7) is 0.863. The maximum absolute atomic E-state index is 5.70.